The van der Waals surface area contributed by atoms with Crippen LogP contribution in [0.4, 0.5) is 5.82 Å². The van der Waals surface area contributed by atoms with Crippen LogP contribution < -0.4 is 10.2 Å². The predicted molar refractivity (Wildman–Crippen MR) is 87.2 cm³/mol. The van der Waals surface area contributed by atoms with Gasteiger partial charge in [0.25, 0.3) is 0 Å². The SMILES string of the molecule is C[C@H]1OCCN[C@@H]1C(=O)N(C)C1CCCN(c2cccnn2)C1. The average molecular weight is 319 g/mol. The summed E-state index contributed by atoms with van der Waals surface area (Å²) in [5.41, 5.74) is 0. The number of aromatic nitrogens is 2. The molecule has 1 amide bonds. The number of morpholine rings is 1. The lowest BCUT2D eigenvalue weighted by molar-refractivity contribution is -0.140. The molecule has 1 aromatic rings. The number of hydrogen-bond acceptors (Lipinski definition) is 6. The molecular formula is C16H25N5O2. The smallest absolute Gasteiger partial charge is 0.242 e. The zero-order valence-corrected chi connectivity index (χ0v) is 13.8. The zero-order chi connectivity index (χ0) is 16.2. The Morgan fingerprint density at radius 3 is 3.13 bits per heavy atom. The van der Waals surface area contributed by atoms with Crippen molar-refractivity contribution in [2.75, 3.05) is 38.2 Å². The summed E-state index contributed by atoms with van der Waals surface area (Å²) in [6, 6.07) is 3.80. The third-order valence-corrected chi connectivity index (χ3v) is 4.76. The number of likely N-dealkylation sites (N-methyl/N-ethyl adjacent to an activating group) is 1. The minimum Gasteiger partial charge on any atom is -0.375 e. The largest absolute Gasteiger partial charge is 0.375 e. The highest BCUT2D eigenvalue weighted by molar-refractivity contribution is 5.82. The second kappa shape index (κ2) is 7.23. The highest BCUT2D eigenvalue weighted by atomic mass is 16.5. The van der Waals surface area contributed by atoms with Crippen molar-refractivity contribution in [2.45, 2.75) is 38.0 Å². The molecule has 2 saturated heterocycles. The monoisotopic (exact) mass is 319 g/mol. The quantitative estimate of drug-likeness (QED) is 0.863. The average Bonchev–Trinajstić information content (AvgIpc) is 2.62. The number of nitrogens with zero attached hydrogens (tertiary/aromatic N) is 4. The molecule has 1 N–H and O–H groups in total. The van der Waals surface area contributed by atoms with E-state index in [1.165, 1.54) is 0 Å². The van der Waals surface area contributed by atoms with Crippen LogP contribution in [0.3, 0.4) is 0 Å². The van der Waals surface area contributed by atoms with Gasteiger partial charge in [0.1, 0.15) is 6.04 Å². The molecule has 0 saturated carbocycles. The van der Waals surface area contributed by atoms with Crippen molar-refractivity contribution >= 4 is 11.7 Å². The van der Waals surface area contributed by atoms with Crippen LogP contribution in [0.1, 0.15) is 19.8 Å². The van der Waals surface area contributed by atoms with E-state index in [1.807, 2.05) is 31.0 Å². The molecule has 2 fully saturated rings. The Morgan fingerprint density at radius 1 is 1.52 bits per heavy atom. The maximum Gasteiger partial charge on any atom is 0.242 e. The molecule has 126 valence electrons. The highest BCUT2D eigenvalue weighted by Crippen LogP contribution is 2.21. The van der Waals surface area contributed by atoms with Gasteiger partial charge >= 0.3 is 0 Å². The van der Waals surface area contributed by atoms with Crippen molar-refractivity contribution in [3.63, 3.8) is 0 Å². The lowest BCUT2D eigenvalue weighted by Gasteiger charge is -2.40. The molecule has 7 heteroatoms. The molecule has 0 bridgehead atoms. The lowest BCUT2D eigenvalue weighted by Crippen LogP contribution is -2.59. The molecule has 23 heavy (non-hydrogen) atoms. The maximum atomic E-state index is 12.8. The Bertz CT molecular complexity index is 526. The van der Waals surface area contributed by atoms with Crippen LogP contribution in [0.15, 0.2) is 18.3 Å². The molecule has 0 radical (unpaired) electrons. The van der Waals surface area contributed by atoms with E-state index in [0.717, 1.165) is 38.3 Å². The van der Waals surface area contributed by atoms with E-state index in [0.29, 0.717) is 6.61 Å². The Labute approximate surface area is 137 Å². The highest BCUT2D eigenvalue weighted by Gasteiger charge is 2.34. The fourth-order valence-electron chi connectivity index (χ4n) is 3.35. The first-order valence-electron chi connectivity index (χ1n) is 8.31. The number of amides is 1. The number of carbonyl (C=O) groups is 1. The summed E-state index contributed by atoms with van der Waals surface area (Å²) in [7, 11) is 1.90. The minimum absolute atomic E-state index is 0.0848. The third kappa shape index (κ3) is 3.61. The van der Waals surface area contributed by atoms with E-state index in [9.17, 15) is 4.79 Å². The number of piperidine rings is 1. The summed E-state index contributed by atoms with van der Waals surface area (Å²) in [5, 5.41) is 11.4. The van der Waals surface area contributed by atoms with E-state index in [4.69, 9.17) is 4.74 Å². The van der Waals surface area contributed by atoms with Crippen LogP contribution in [0.2, 0.25) is 0 Å². The topological polar surface area (TPSA) is 70.6 Å². The van der Waals surface area contributed by atoms with Crippen molar-refractivity contribution < 1.29 is 9.53 Å². The third-order valence-electron chi connectivity index (χ3n) is 4.76. The maximum absolute atomic E-state index is 12.8. The van der Waals surface area contributed by atoms with Gasteiger partial charge in [-0.3, -0.25) is 4.79 Å². The van der Waals surface area contributed by atoms with Crippen LogP contribution in [-0.4, -0.2) is 72.5 Å². The first-order valence-corrected chi connectivity index (χ1v) is 8.31. The Hall–Kier alpha value is -1.73. The number of ether oxygens (including phenoxy) is 1. The molecule has 7 nitrogen and oxygen atoms in total. The fourth-order valence-corrected chi connectivity index (χ4v) is 3.35. The number of rotatable bonds is 3. The molecule has 2 aliphatic rings. The van der Waals surface area contributed by atoms with Gasteiger partial charge in [0.05, 0.1) is 12.7 Å². The number of hydrogen-bond donors (Lipinski definition) is 1. The van der Waals surface area contributed by atoms with Crippen molar-refractivity contribution in [1.29, 1.82) is 0 Å². The summed E-state index contributed by atoms with van der Waals surface area (Å²) in [6.07, 6.45) is 3.65. The minimum atomic E-state index is -0.249. The number of carbonyl (C=O) groups excluding carboxylic acids is 1. The van der Waals surface area contributed by atoms with E-state index in [-0.39, 0.29) is 24.1 Å². The normalized spacial score (nSPS) is 28.4. The molecule has 3 heterocycles. The van der Waals surface area contributed by atoms with E-state index >= 15 is 0 Å². The summed E-state index contributed by atoms with van der Waals surface area (Å²) in [6.45, 7) is 5.10. The van der Waals surface area contributed by atoms with E-state index in [1.54, 1.807) is 6.20 Å². The van der Waals surface area contributed by atoms with Gasteiger partial charge in [-0.15, -0.1) is 5.10 Å². The second-order valence-corrected chi connectivity index (χ2v) is 6.28. The number of anilines is 1. The molecule has 3 atom stereocenters. The molecule has 2 aliphatic heterocycles. The first kappa shape index (κ1) is 16.1. The number of nitrogens with one attached hydrogen (secondary N) is 1. The molecule has 0 spiro atoms. The predicted octanol–water partition coefficient (Wildman–Crippen LogP) is 0.281. The van der Waals surface area contributed by atoms with Gasteiger partial charge in [-0.2, -0.15) is 5.10 Å². The van der Waals surface area contributed by atoms with Crippen LogP contribution in [0, 0.1) is 0 Å². The summed E-state index contributed by atoms with van der Waals surface area (Å²) in [5.74, 6) is 0.994. The van der Waals surface area contributed by atoms with Crippen molar-refractivity contribution in [1.82, 2.24) is 20.4 Å². The molecule has 1 aromatic heterocycles. The van der Waals surface area contributed by atoms with Gasteiger partial charge < -0.3 is 19.9 Å². The molecule has 0 aromatic carbocycles. The summed E-state index contributed by atoms with van der Waals surface area (Å²) in [4.78, 5) is 16.9. The molecule has 0 aliphatic carbocycles. The Balaban J connectivity index is 1.64. The first-order chi connectivity index (χ1) is 11.2. The van der Waals surface area contributed by atoms with Crippen LogP contribution in [-0.2, 0) is 9.53 Å². The summed E-state index contributed by atoms with van der Waals surface area (Å²) >= 11 is 0. The van der Waals surface area contributed by atoms with E-state index < -0.39 is 0 Å². The standard InChI is InChI=1S/C16H25N5O2/c1-12-15(17-8-10-23-12)16(22)20(2)13-5-4-9-21(11-13)14-6-3-7-18-19-14/h3,6-7,12-13,15,17H,4-5,8-11H2,1-2H3/t12-,13?,15+/m1/s1. The van der Waals surface area contributed by atoms with Gasteiger partial charge in [-0.05, 0) is 31.9 Å². The fraction of sp³-hybridized carbons (Fsp3) is 0.688. The van der Waals surface area contributed by atoms with Crippen LogP contribution >= 0.6 is 0 Å². The van der Waals surface area contributed by atoms with Gasteiger partial charge in [-0.1, -0.05) is 0 Å². The molecular weight excluding hydrogens is 294 g/mol. The van der Waals surface area contributed by atoms with E-state index in [2.05, 4.69) is 20.4 Å². The summed E-state index contributed by atoms with van der Waals surface area (Å²) < 4.78 is 5.60. The van der Waals surface area contributed by atoms with Gasteiger partial charge in [0.15, 0.2) is 5.82 Å². The van der Waals surface area contributed by atoms with Gasteiger partial charge in [0, 0.05) is 38.9 Å². The van der Waals surface area contributed by atoms with Crippen LogP contribution in [0.5, 0.6) is 0 Å². The Kier molecular flexibility index (Phi) is 5.07. The Morgan fingerprint density at radius 2 is 2.39 bits per heavy atom. The lowest BCUT2D eigenvalue weighted by atomic mass is 10.0. The molecule has 3 rings (SSSR count). The van der Waals surface area contributed by atoms with Crippen LogP contribution in [0.25, 0.3) is 0 Å². The zero-order valence-electron chi connectivity index (χ0n) is 13.8. The van der Waals surface area contributed by atoms with Crippen molar-refractivity contribution in [2.24, 2.45) is 0 Å². The van der Waals surface area contributed by atoms with Gasteiger partial charge in [-0.25, -0.2) is 0 Å². The van der Waals surface area contributed by atoms with Gasteiger partial charge in [0.2, 0.25) is 5.91 Å². The molecule has 1 unspecified atom stereocenters. The van der Waals surface area contributed by atoms with Crippen molar-refractivity contribution in [3.05, 3.63) is 18.3 Å². The van der Waals surface area contributed by atoms with Crippen molar-refractivity contribution in [3.8, 4) is 0 Å². The second-order valence-electron chi connectivity index (χ2n) is 6.28.